The Morgan fingerprint density at radius 1 is 1.38 bits per heavy atom. The van der Waals surface area contributed by atoms with Gasteiger partial charge < -0.3 is 14.8 Å². The van der Waals surface area contributed by atoms with E-state index in [-0.39, 0.29) is 5.97 Å². The Balaban J connectivity index is 2.45. The molecule has 2 rings (SSSR count). The third kappa shape index (κ3) is 3.30. The molecule has 0 aliphatic carbocycles. The van der Waals surface area contributed by atoms with Crippen molar-refractivity contribution in [2.75, 3.05) is 19.0 Å². The summed E-state index contributed by atoms with van der Waals surface area (Å²) < 4.78 is 10.5. The van der Waals surface area contributed by atoms with Crippen molar-refractivity contribution < 1.29 is 14.3 Å². The molecule has 1 aliphatic rings. The SMILES string of the molecule is CCCC1=C(C(=O)OCC)Sc2c(Cl)ccc(OC)c2N1. The minimum absolute atomic E-state index is 0.317. The number of rotatable bonds is 5. The number of anilines is 1. The number of esters is 1. The molecule has 0 amide bonds. The van der Waals surface area contributed by atoms with Crippen LogP contribution in [0.1, 0.15) is 26.7 Å². The number of methoxy groups -OCH3 is 1. The van der Waals surface area contributed by atoms with Crippen LogP contribution in [0.5, 0.6) is 5.75 Å². The molecular weight excluding hydrogens is 310 g/mol. The Hall–Kier alpha value is -1.33. The summed E-state index contributed by atoms with van der Waals surface area (Å²) in [5, 5.41) is 3.88. The number of allylic oxidation sites excluding steroid dienone is 1. The van der Waals surface area contributed by atoms with Gasteiger partial charge in [-0.05, 0) is 25.5 Å². The van der Waals surface area contributed by atoms with Crippen molar-refractivity contribution in [2.24, 2.45) is 0 Å². The first-order valence-corrected chi connectivity index (χ1v) is 8.03. The largest absolute Gasteiger partial charge is 0.495 e. The monoisotopic (exact) mass is 327 g/mol. The lowest BCUT2D eigenvalue weighted by Gasteiger charge is -2.25. The quantitative estimate of drug-likeness (QED) is 0.810. The molecule has 1 aliphatic heterocycles. The van der Waals surface area contributed by atoms with E-state index in [4.69, 9.17) is 21.1 Å². The molecule has 0 fully saturated rings. The van der Waals surface area contributed by atoms with E-state index >= 15 is 0 Å². The van der Waals surface area contributed by atoms with Gasteiger partial charge in [-0.2, -0.15) is 0 Å². The molecule has 1 N–H and O–H groups in total. The van der Waals surface area contributed by atoms with Gasteiger partial charge in [-0.3, -0.25) is 0 Å². The van der Waals surface area contributed by atoms with Gasteiger partial charge >= 0.3 is 5.97 Å². The first kappa shape index (κ1) is 16.0. The first-order chi connectivity index (χ1) is 10.1. The van der Waals surface area contributed by atoms with Crippen LogP contribution in [0.4, 0.5) is 5.69 Å². The third-order valence-corrected chi connectivity index (χ3v) is 4.68. The highest BCUT2D eigenvalue weighted by molar-refractivity contribution is 8.04. The molecule has 21 heavy (non-hydrogen) atoms. The molecular formula is C15H18ClNO3S. The van der Waals surface area contributed by atoms with E-state index in [9.17, 15) is 4.79 Å². The van der Waals surface area contributed by atoms with Crippen LogP contribution in [0.15, 0.2) is 27.6 Å². The van der Waals surface area contributed by atoms with Gasteiger partial charge in [0.15, 0.2) is 0 Å². The highest BCUT2D eigenvalue weighted by Crippen LogP contribution is 2.48. The van der Waals surface area contributed by atoms with Crippen LogP contribution in [0.2, 0.25) is 5.02 Å². The van der Waals surface area contributed by atoms with Gasteiger partial charge in [0, 0.05) is 5.70 Å². The number of hydrogen-bond donors (Lipinski definition) is 1. The number of thioether (sulfide) groups is 1. The minimum Gasteiger partial charge on any atom is -0.495 e. The lowest BCUT2D eigenvalue weighted by Crippen LogP contribution is -2.16. The standard InChI is InChI=1S/C15H18ClNO3S/c1-4-6-10-14(15(18)20-5-2)21-13-9(16)7-8-11(19-3)12(13)17-10/h7-8,17H,4-6H2,1-3H3. The third-order valence-electron chi connectivity index (χ3n) is 3.01. The van der Waals surface area contributed by atoms with Gasteiger partial charge in [0.05, 0.1) is 29.3 Å². The van der Waals surface area contributed by atoms with Crippen LogP contribution in [0, 0.1) is 0 Å². The minimum atomic E-state index is -0.317. The van der Waals surface area contributed by atoms with Crippen molar-refractivity contribution in [1.29, 1.82) is 0 Å². The zero-order chi connectivity index (χ0) is 15.4. The number of halogens is 1. The summed E-state index contributed by atoms with van der Waals surface area (Å²) >= 11 is 7.59. The van der Waals surface area contributed by atoms with Crippen LogP contribution in [-0.4, -0.2) is 19.7 Å². The predicted octanol–water partition coefficient (Wildman–Crippen LogP) is 4.44. The maximum absolute atomic E-state index is 12.1. The fourth-order valence-electron chi connectivity index (χ4n) is 2.09. The highest BCUT2D eigenvalue weighted by Gasteiger charge is 2.28. The van der Waals surface area contributed by atoms with Crippen molar-refractivity contribution in [3.8, 4) is 5.75 Å². The molecule has 0 saturated carbocycles. The summed E-state index contributed by atoms with van der Waals surface area (Å²) in [6, 6.07) is 3.58. The Morgan fingerprint density at radius 2 is 2.14 bits per heavy atom. The molecule has 0 unspecified atom stereocenters. The molecule has 0 spiro atoms. The fourth-order valence-corrected chi connectivity index (χ4v) is 3.40. The lowest BCUT2D eigenvalue weighted by atomic mass is 10.2. The van der Waals surface area contributed by atoms with Gasteiger partial charge in [-0.1, -0.05) is 36.7 Å². The second-order valence-corrected chi connectivity index (χ2v) is 5.89. The van der Waals surface area contributed by atoms with E-state index in [1.807, 2.05) is 6.07 Å². The smallest absolute Gasteiger partial charge is 0.346 e. The lowest BCUT2D eigenvalue weighted by molar-refractivity contribution is -0.137. The number of carbonyl (C=O) groups excluding carboxylic acids is 1. The van der Waals surface area contributed by atoms with Crippen LogP contribution >= 0.6 is 23.4 Å². The fraction of sp³-hybridized carbons (Fsp3) is 0.400. The number of hydrogen-bond acceptors (Lipinski definition) is 5. The summed E-state index contributed by atoms with van der Waals surface area (Å²) in [6.45, 7) is 4.21. The number of carbonyl (C=O) groups is 1. The van der Waals surface area contributed by atoms with Crippen molar-refractivity contribution in [3.05, 3.63) is 27.8 Å². The number of nitrogens with one attached hydrogen (secondary N) is 1. The average molecular weight is 328 g/mol. The van der Waals surface area contributed by atoms with E-state index in [1.165, 1.54) is 11.8 Å². The van der Waals surface area contributed by atoms with Crippen molar-refractivity contribution in [2.45, 2.75) is 31.6 Å². The molecule has 0 bridgehead atoms. The molecule has 114 valence electrons. The Bertz CT molecular complexity index is 587. The molecule has 1 heterocycles. The normalized spacial score (nSPS) is 13.5. The molecule has 0 saturated heterocycles. The zero-order valence-corrected chi connectivity index (χ0v) is 13.9. The van der Waals surface area contributed by atoms with Crippen molar-refractivity contribution in [1.82, 2.24) is 0 Å². The summed E-state index contributed by atoms with van der Waals surface area (Å²) in [4.78, 5) is 13.5. The highest BCUT2D eigenvalue weighted by atomic mass is 35.5. The molecule has 0 aromatic heterocycles. The maximum Gasteiger partial charge on any atom is 0.346 e. The van der Waals surface area contributed by atoms with E-state index in [0.29, 0.717) is 22.3 Å². The Labute approximate surface area is 133 Å². The summed E-state index contributed by atoms with van der Waals surface area (Å²) in [7, 11) is 1.61. The molecule has 1 aromatic rings. The zero-order valence-electron chi connectivity index (χ0n) is 12.3. The van der Waals surface area contributed by atoms with Gasteiger partial charge in [0.1, 0.15) is 10.7 Å². The summed E-state index contributed by atoms with van der Waals surface area (Å²) in [6.07, 6.45) is 1.68. The van der Waals surface area contributed by atoms with E-state index in [0.717, 1.165) is 29.1 Å². The van der Waals surface area contributed by atoms with Gasteiger partial charge in [0.25, 0.3) is 0 Å². The number of benzene rings is 1. The van der Waals surface area contributed by atoms with E-state index in [1.54, 1.807) is 20.1 Å². The van der Waals surface area contributed by atoms with Gasteiger partial charge in [-0.15, -0.1) is 0 Å². The number of fused-ring (bicyclic) bond motifs is 1. The molecule has 6 heteroatoms. The molecule has 4 nitrogen and oxygen atoms in total. The van der Waals surface area contributed by atoms with Gasteiger partial charge in [-0.25, -0.2) is 4.79 Å². The molecule has 1 aromatic carbocycles. The Kier molecular flexibility index (Phi) is 5.42. The maximum atomic E-state index is 12.1. The topological polar surface area (TPSA) is 47.6 Å². The van der Waals surface area contributed by atoms with E-state index < -0.39 is 0 Å². The molecule has 0 radical (unpaired) electrons. The summed E-state index contributed by atoms with van der Waals surface area (Å²) in [5.74, 6) is 0.390. The van der Waals surface area contributed by atoms with Crippen LogP contribution in [0.25, 0.3) is 0 Å². The molecule has 0 atom stereocenters. The predicted molar refractivity (Wildman–Crippen MR) is 86.1 cm³/mol. The van der Waals surface area contributed by atoms with E-state index in [2.05, 4.69) is 12.2 Å². The summed E-state index contributed by atoms with van der Waals surface area (Å²) in [5.41, 5.74) is 1.67. The second kappa shape index (κ2) is 7.09. The number of ether oxygens (including phenoxy) is 2. The van der Waals surface area contributed by atoms with Gasteiger partial charge in [0.2, 0.25) is 0 Å². The van der Waals surface area contributed by atoms with Crippen LogP contribution in [0.3, 0.4) is 0 Å². The van der Waals surface area contributed by atoms with Crippen molar-refractivity contribution >= 4 is 35.0 Å². The average Bonchev–Trinajstić information content (AvgIpc) is 2.48. The Morgan fingerprint density at radius 3 is 2.76 bits per heavy atom. The van der Waals surface area contributed by atoms with Crippen molar-refractivity contribution in [3.63, 3.8) is 0 Å². The van der Waals surface area contributed by atoms with Crippen LogP contribution < -0.4 is 10.1 Å². The first-order valence-electron chi connectivity index (χ1n) is 6.83. The van der Waals surface area contributed by atoms with Crippen LogP contribution in [-0.2, 0) is 9.53 Å². The second-order valence-electron chi connectivity index (χ2n) is 4.46.